The molecule has 2 aromatic carbocycles. The third-order valence-corrected chi connectivity index (χ3v) is 8.40. The summed E-state index contributed by atoms with van der Waals surface area (Å²) in [4.78, 5) is 27.4. The summed E-state index contributed by atoms with van der Waals surface area (Å²) in [5.41, 5.74) is 1.51. The van der Waals surface area contributed by atoms with Crippen LogP contribution in [0.15, 0.2) is 18.2 Å². The molecule has 11 nitrogen and oxygen atoms in total. The lowest BCUT2D eigenvalue weighted by Gasteiger charge is -2.43. The zero-order valence-electron chi connectivity index (χ0n) is 23.0. The molecule has 0 radical (unpaired) electrons. The summed E-state index contributed by atoms with van der Waals surface area (Å²) >= 11 is 6.84. The lowest BCUT2D eigenvalue weighted by atomic mass is 9.94. The van der Waals surface area contributed by atoms with Crippen molar-refractivity contribution in [1.82, 2.24) is 30.4 Å². The molecule has 2 N–H and O–H groups in total. The number of nitrogens with one attached hydrogen (secondary N) is 2. The Hall–Kier alpha value is -3.61. The van der Waals surface area contributed by atoms with Gasteiger partial charge in [0.25, 0.3) is 0 Å². The van der Waals surface area contributed by atoms with Gasteiger partial charge in [0.1, 0.15) is 22.2 Å². The third-order valence-electron chi connectivity index (χ3n) is 8.11. The molecule has 2 aliphatic rings. The van der Waals surface area contributed by atoms with Crippen LogP contribution in [0.4, 0.5) is 22.0 Å². The molecule has 0 spiro atoms. The molecular formula is C27H31ClFN9O2. The maximum atomic E-state index is 16.8. The Morgan fingerprint density at radius 2 is 1.93 bits per heavy atom. The maximum Gasteiger partial charge on any atom is 0.351 e. The molecule has 2 aliphatic heterocycles. The van der Waals surface area contributed by atoms with Crippen molar-refractivity contribution >= 4 is 51.0 Å². The number of rotatable bonds is 5. The Balaban J connectivity index is 1.61. The molecule has 4 heterocycles. The van der Waals surface area contributed by atoms with Crippen LogP contribution in [0.2, 0.25) is 5.02 Å². The first kappa shape index (κ1) is 26.6. The van der Waals surface area contributed by atoms with Crippen molar-refractivity contribution in [2.24, 2.45) is 0 Å². The molecule has 2 aromatic heterocycles. The summed E-state index contributed by atoms with van der Waals surface area (Å²) in [5.74, 6) is 0.132. The highest BCUT2D eigenvalue weighted by Gasteiger charge is 2.34. The van der Waals surface area contributed by atoms with Crippen LogP contribution in [0, 0.1) is 22.9 Å². The van der Waals surface area contributed by atoms with Gasteiger partial charge in [-0.25, -0.2) is 9.37 Å². The fraction of sp³-hybridized carbons (Fsp3) is 0.444. The molecule has 2 fully saturated rings. The van der Waals surface area contributed by atoms with Crippen LogP contribution in [0.1, 0.15) is 19.4 Å². The van der Waals surface area contributed by atoms with Gasteiger partial charge in [0.05, 0.1) is 5.02 Å². The Kier molecular flexibility index (Phi) is 6.51. The second-order valence-electron chi connectivity index (χ2n) is 11.1. The zero-order chi connectivity index (χ0) is 28.5. The van der Waals surface area contributed by atoms with Crippen molar-refractivity contribution in [2.45, 2.75) is 38.9 Å². The number of H-pyrrole nitrogens is 1. The van der Waals surface area contributed by atoms with Crippen molar-refractivity contribution in [3.63, 3.8) is 0 Å². The first-order valence-corrected chi connectivity index (χ1v) is 13.7. The van der Waals surface area contributed by atoms with Crippen LogP contribution in [-0.4, -0.2) is 88.4 Å². The van der Waals surface area contributed by atoms with Gasteiger partial charge in [0.2, 0.25) is 5.95 Å². The monoisotopic (exact) mass is 567 g/mol. The number of aromatic amines is 1. The molecule has 13 heteroatoms. The number of likely N-dealkylation sites (N-methyl/N-ethyl adjacent to an activating group) is 1. The predicted molar refractivity (Wildman–Crippen MR) is 155 cm³/mol. The number of hydrogen-bond acceptors (Lipinski definition) is 9. The molecular weight excluding hydrogens is 537 g/mol. The van der Waals surface area contributed by atoms with Gasteiger partial charge in [-0.2, -0.15) is 4.98 Å². The number of fused-ring (bicyclic) bond motifs is 2. The summed E-state index contributed by atoms with van der Waals surface area (Å²) in [6.45, 7) is 8.88. The van der Waals surface area contributed by atoms with Crippen molar-refractivity contribution in [3.8, 4) is 11.1 Å². The van der Waals surface area contributed by atoms with Gasteiger partial charge >= 0.3 is 5.82 Å². The van der Waals surface area contributed by atoms with Crippen LogP contribution >= 0.6 is 11.6 Å². The summed E-state index contributed by atoms with van der Waals surface area (Å²) in [6, 6.07) is 5.79. The van der Waals surface area contributed by atoms with Gasteiger partial charge in [0, 0.05) is 60.8 Å². The van der Waals surface area contributed by atoms with Crippen LogP contribution in [-0.2, 0) is 0 Å². The van der Waals surface area contributed by atoms with Gasteiger partial charge in [-0.1, -0.05) is 22.8 Å². The van der Waals surface area contributed by atoms with Crippen LogP contribution in [0.5, 0.6) is 0 Å². The van der Waals surface area contributed by atoms with Crippen LogP contribution < -0.4 is 15.1 Å². The molecule has 0 amide bonds. The quantitative estimate of drug-likeness (QED) is 0.271. The van der Waals surface area contributed by atoms with Gasteiger partial charge in [-0.05, 0) is 57.5 Å². The number of aryl methyl sites for hydroxylation is 1. The largest absolute Gasteiger partial charge is 0.358 e. The number of anilines is 2. The first-order valence-electron chi connectivity index (χ1n) is 13.3. The topological polar surface area (TPSA) is 119 Å². The lowest BCUT2D eigenvalue weighted by molar-refractivity contribution is -0.387. The van der Waals surface area contributed by atoms with Gasteiger partial charge in [-0.3, -0.25) is 0 Å². The molecule has 40 heavy (non-hydrogen) atoms. The fourth-order valence-corrected chi connectivity index (χ4v) is 5.96. The number of hydrogen-bond donors (Lipinski definition) is 2. The van der Waals surface area contributed by atoms with E-state index in [1.807, 2.05) is 19.0 Å². The summed E-state index contributed by atoms with van der Waals surface area (Å²) in [6.07, 6.45) is 0. The standard InChI is InChI=1S/C27H31ClFN9O2/c1-13-6-7-19-22(26(34-33-19)38(39)40)20(13)21-18(28)8-17-24(23(21)29)31-27(36-11-16(12-36)35(4)5)32-25(17)37-10-14(2)30-9-15(37)3/h6-8,14-16,30H,9-12H2,1-5H3,(H,33,34)/t14-,15+/m1/s1. The minimum absolute atomic E-state index is 0.0638. The average Bonchev–Trinajstić information content (AvgIpc) is 3.30. The zero-order valence-corrected chi connectivity index (χ0v) is 23.8. The van der Waals surface area contributed by atoms with Gasteiger partial charge < -0.3 is 30.1 Å². The summed E-state index contributed by atoms with van der Waals surface area (Å²) in [7, 11) is 4.06. The van der Waals surface area contributed by atoms with E-state index in [4.69, 9.17) is 21.6 Å². The molecule has 2 atom stereocenters. The Labute approximate surface area is 235 Å². The minimum Gasteiger partial charge on any atom is -0.358 e. The van der Waals surface area contributed by atoms with E-state index in [2.05, 4.69) is 39.2 Å². The third kappa shape index (κ3) is 4.21. The molecule has 0 saturated carbocycles. The van der Waals surface area contributed by atoms with E-state index in [0.717, 1.165) is 19.6 Å². The SMILES string of the molecule is Cc1ccc2n[nH]c([N+](=O)[O-])c2c1-c1c(Cl)cc2c(N3C[C@@H](C)NC[C@@H]3C)nc(N3CC(N(C)C)C3)nc2c1F. The van der Waals surface area contributed by atoms with E-state index in [-0.39, 0.29) is 39.4 Å². The highest BCUT2D eigenvalue weighted by molar-refractivity contribution is 6.35. The van der Waals surface area contributed by atoms with E-state index in [9.17, 15) is 10.1 Å². The van der Waals surface area contributed by atoms with Crippen molar-refractivity contribution in [2.75, 3.05) is 50.1 Å². The van der Waals surface area contributed by atoms with E-state index in [1.165, 1.54) is 0 Å². The highest BCUT2D eigenvalue weighted by atomic mass is 35.5. The number of nitrogens with zero attached hydrogens (tertiary/aromatic N) is 7. The molecule has 0 bridgehead atoms. The lowest BCUT2D eigenvalue weighted by Crippen LogP contribution is -2.58. The second-order valence-corrected chi connectivity index (χ2v) is 11.5. The van der Waals surface area contributed by atoms with E-state index in [1.54, 1.807) is 25.1 Å². The van der Waals surface area contributed by atoms with Gasteiger partial charge in [0.15, 0.2) is 5.82 Å². The van der Waals surface area contributed by atoms with E-state index >= 15 is 4.39 Å². The van der Waals surface area contributed by atoms with Crippen molar-refractivity contribution in [3.05, 3.63) is 44.7 Å². The maximum absolute atomic E-state index is 16.8. The number of aromatic nitrogens is 4. The van der Waals surface area contributed by atoms with Crippen molar-refractivity contribution < 1.29 is 9.31 Å². The number of piperazine rings is 1. The fourth-order valence-electron chi connectivity index (χ4n) is 5.67. The average molecular weight is 568 g/mol. The highest BCUT2D eigenvalue weighted by Crippen LogP contribution is 2.44. The molecule has 2 saturated heterocycles. The molecule has 0 aliphatic carbocycles. The Bertz CT molecular complexity index is 1650. The molecule has 0 unspecified atom stereocenters. The van der Waals surface area contributed by atoms with E-state index < -0.39 is 10.7 Å². The molecule has 4 aromatic rings. The molecule has 6 rings (SSSR count). The minimum atomic E-state index is -0.640. The Morgan fingerprint density at radius 1 is 1.18 bits per heavy atom. The van der Waals surface area contributed by atoms with Crippen LogP contribution in [0.3, 0.4) is 0 Å². The van der Waals surface area contributed by atoms with Crippen molar-refractivity contribution in [1.29, 1.82) is 0 Å². The van der Waals surface area contributed by atoms with Gasteiger partial charge in [-0.15, -0.1) is 5.10 Å². The smallest absolute Gasteiger partial charge is 0.351 e. The molecule has 210 valence electrons. The Morgan fingerprint density at radius 3 is 2.62 bits per heavy atom. The number of halogens is 2. The second kappa shape index (κ2) is 9.79. The summed E-state index contributed by atoms with van der Waals surface area (Å²) < 4.78 is 16.8. The first-order chi connectivity index (χ1) is 19.0. The number of nitro groups is 1. The summed E-state index contributed by atoms with van der Waals surface area (Å²) in [5, 5.41) is 22.7. The normalized spacial score (nSPS) is 20.1. The number of benzene rings is 2. The van der Waals surface area contributed by atoms with Crippen LogP contribution in [0.25, 0.3) is 32.9 Å². The predicted octanol–water partition coefficient (Wildman–Crippen LogP) is 4.12. The van der Waals surface area contributed by atoms with E-state index in [0.29, 0.717) is 46.4 Å².